The monoisotopic (exact) mass is 273 g/mol. The summed E-state index contributed by atoms with van der Waals surface area (Å²) in [5.74, 6) is 1.03. The summed E-state index contributed by atoms with van der Waals surface area (Å²) in [5, 5.41) is 0. The van der Waals surface area contributed by atoms with Gasteiger partial charge in [-0.3, -0.25) is 4.79 Å². The van der Waals surface area contributed by atoms with Crippen LogP contribution in [0.4, 0.5) is 0 Å². The van der Waals surface area contributed by atoms with Crippen molar-refractivity contribution in [1.29, 1.82) is 0 Å². The number of nitrogens with zero attached hydrogens (tertiary/aromatic N) is 1. The molecule has 0 aromatic heterocycles. The molecule has 0 heterocycles. The summed E-state index contributed by atoms with van der Waals surface area (Å²) >= 11 is 0. The molecule has 110 valence electrons. The quantitative estimate of drug-likeness (QED) is 0.752. The summed E-state index contributed by atoms with van der Waals surface area (Å²) in [6, 6.07) is 8.40. The van der Waals surface area contributed by atoms with Crippen LogP contribution >= 0.6 is 0 Å². The third kappa shape index (κ3) is 3.92. The van der Waals surface area contributed by atoms with E-state index in [9.17, 15) is 4.79 Å². The SMILES string of the molecule is CC(CN(C)C)C(=O)c1ccc(C2CCCCC2)cc1. The van der Waals surface area contributed by atoms with Gasteiger partial charge in [-0.1, -0.05) is 50.5 Å². The van der Waals surface area contributed by atoms with E-state index in [-0.39, 0.29) is 11.7 Å². The Morgan fingerprint density at radius 3 is 2.30 bits per heavy atom. The fourth-order valence-electron chi connectivity index (χ4n) is 3.27. The van der Waals surface area contributed by atoms with E-state index < -0.39 is 0 Å². The summed E-state index contributed by atoms with van der Waals surface area (Å²) < 4.78 is 0. The maximum absolute atomic E-state index is 12.3. The van der Waals surface area contributed by atoms with E-state index in [2.05, 4.69) is 17.0 Å². The van der Waals surface area contributed by atoms with Gasteiger partial charge in [0.15, 0.2) is 5.78 Å². The average Bonchev–Trinajstić information content (AvgIpc) is 2.47. The van der Waals surface area contributed by atoms with E-state index in [1.54, 1.807) is 0 Å². The van der Waals surface area contributed by atoms with E-state index in [0.717, 1.165) is 12.1 Å². The standard InChI is InChI=1S/C18H27NO/c1-14(13-19(2)3)18(20)17-11-9-16(10-12-17)15-7-5-4-6-8-15/h9-12,14-15H,4-8,13H2,1-3H3. The van der Waals surface area contributed by atoms with Crippen molar-refractivity contribution in [3.05, 3.63) is 35.4 Å². The number of benzene rings is 1. The lowest BCUT2D eigenvalue weighted by Crippen LogP contribution is -2.25. The first kappa shape index (κ1) is 15.2. The van der Waals surface area contributed by atoms with Crippen molar-refractivity contribution in [2.45, 2.75) is 44.9 Å². The molecular formula is C18H27NO. The first-order valence-electron chi connectivity index (χ1n) is 7.87. The van der Waals surface area contributed by atoms with Crippen molar-refractivity contribution in [2.24, 2.45) is 5.92 Å². The van der Waals surface area contributed by atoms with Crippen molar-refractivity contribution >= 4 is 5.78 Å². The smallest absolute Gasteiger partial charge is 0.166 e. The zero-order valence-corrected chi connectivity index (χ0v) is 13.1. The van der Waals surface area contributed by atoms with Crippen molar-refractivity contribution in [3.63, 3.8) is 0 Å². The zero-order chi connectivity index (χ0) is 14.5. The number of hydrogen-bond donors (Lipinski definition) is 0. The van der Waals surface area contributed by atoms with Gasteiger partial charge in [0, 0.05) is 18.0 Å². The zero-order valence-electron chi connectivity index (χ0n) is 13.1. The predicted molar refractivity (Wildman–Crippen MR) is 84.3 cm³/mol. The highest BCUT2D eigenvalue weighted by Gasteiger charge is 2.18. The number of carbonyl (C=O) groups is 1. The van der Waals surface area contributed by atoms with Crippen molar-refractivity contribution in [3.8, 4) is 0 Å². The van der Waals surface area contributed by atoms with Gasteiger partial charge in [-0.05, 0) is 38.4 Å². The molecule has 1 aromatic carbocycles. The van der Waals surface area contributed by atoms with Gasteiger partial charge in [-0.15, -0.1) is 0 Å². The van der Waals surface area contributed by atoms with E-state index in [0.29, 0.717) is 5.92 Å². The van der Waals surface area contributed by atoms with Crippen molar-refractivity contribution < 1.29 is 4.79 Å². The molecule has 0 aliphatic heterocycles. The van der Waals surface area contributed by atoms with Gasteiger partial charge in [0.25, 0.3) is 0 Å². The van der Waals surface area contributed by atoms with Gasteiger partial charge >= 0.3 is 0 Å². The normalized spacial score (nSPS) is 18.2. The van der Waals surface area contributed by atoms with Crippen LogP contribution in [0.1, 0.15) is 60.9 Å². The number of rotatable bonds is 5. The van der Waals surface area contributed by atoms with Gasteiger partial charge in [0.2, 0.25) is 0 Å². The highest BCUT2D eigenvalue weighted by molar-refractivity contribution is 5.97. The summed E-state index contributed by atoms with van der Waals surface area (Å²) in [4.78, 5) is 14.4. The molecule has 0 amide bonds. The lowest BCUT2D eigenvalue weighted by atomic mass is 9.83. The van der Waals surface area contributed by atoms with Crippen LogP contribution in [-0.2, 0) is 0 Å². The van der Waals surface area contributed by atoms with Crippen LogP contribution in [0.3, 0.4) is 0 Å². The Hall–Kier alpha value is -1.15. The molecule has 1 saturated carbocycles. The molecule has 1 unspecified atom stereocenters. The molecule has 0 radical (unpaired) electrons. The van der Waals surface area contributed by atoms with Gasteiger partial charge < -0.3 is 4.90 Å². The molecule has 2 heteroatoms. The third-order valence-corrected chi connectivity index (χ3v) is 4.36. The van der Waals surface area contributed by atoms with E-state index in [4.69, 9.17) is 0 Å². The predicted octanol–water partition coefficient (Wildman–Crippen LogP) is 4.11. The molecule has 0 saturated heterocycles. The second-order valence-electron chi connectivity index (χ2n) is 6.48. The molecule has 1 fully saturated rings. The van der Waals surface area contributed by atoms with Crippen LogP contribution in [0.5, 0.6) is 0 Å². The van der Waals surface area contributed by atoms with Gasteiger partial charge in [0.05, 0.1) is 0 Å². The molecule has 1 aliphatic rings. The van der Waals surface area contributed by atoms with Crippen molar-refractivity contribution in [2.75, 3.05) is 20.6 Å². The Morgan fingerprint density at radius 2 is 1.75 bits per heavy atom. The molecule has 2 rings (SSSR count). The van der Waals surface area contributed by atoms with Gasteiger partial charge in [-0.25, -0.2) is 0 Å². The minimum atomic E-state index is 0.0607. The number of ketones is 1. The van der Waals surface area contributed by atoms with E-state index in [1.807, 2.05) is 33.2 Å². The Balaban J connectivity index is 2.01. The fraction of sp³-hybridized carbons (Fsp3) is 0.611. The average molecular weight is 273 g/mol. The Bertz CT molecular complexity index is 429. The van der Waals surface area contributed by atoms with E-state index in [1.165, 1.54) is 37.7 Å². The van der Waals surface area contributed by atoms with Gasteiger partial charge in [-0.2, -0.15) is 0 Å². The topological polar surface area (TPSA) is 20.3 Å². The van der Waals surface area contributed by atoms with Crippen LogP contribution in [0.2, 0.25) is 0 Å². The van der Waals surface area contributed by atoms with Crippen molar-refractivity contribution in [1.82, 2.24) is 4.90 Å². The molecule has 1 aliphatic carbocycles. The first-order valence-corrected chi connectivity index (χ1v) is 7.87. The minimum Gasteiger partial charge on any atom is -0.309 e. The minimum absolute atomic E-state index is 0.0607. The maximum Gasteiger partial charge on any atom is 0.166 e. The van der Waals surface area contributed by atoms with Crippen LogP contribution in [0.15, 0.2) is 24.3 Å². The van der Waals surface area contributed by atoms with Crippen LogP contribution in [0.25, 0.3) is 0 Å². The highest BCUT2D eigenvalue weighted by Crippen LogP contribution is 2.32. The number of hydrogen-bond acceptors (Lipinski definition) is 2. The summed E-state index contributed by atoms with van der Waals surface area (Å²) in [7, 11) is 4.02. The van der Waals surface area contributed by atoms with Crippen LogP contribution < -0.4 is 0 Å². The lowest BCUT2D eigenvalue weighted by Gasteiger charge is -2.22. The fourth-order valence-corrected chi connectivity index (χ4v) is 3.27. The largest absolute Gasteiger partial charge is 0.309 e. The number of Topliss-reactive ketones (excluding diaryl/α,β-unsaturated/α-hetero) is 1. The molecule has 1 aromatic rings. The molecule has 2 nitrogen and oxygen atoms in total. The number of carbonyl (C=O) groups excluding carboxylic acids is 1. The first-order chi connectivity index (χ1) is 9.58. The third-order valence-electron chi connectivity index (χ3n) is 4.36. The summed E-state index contributed by atoms with van der Waals surface area (Å²) in [5.41, 5.74) is 2.28. The molecule has 0 N–H and O–H groups in total. The maximum atomic E-state index is 12.3. The Morgan fingerprint density at radius 1 is 1.15 bits per heavy atom. The Kier molecular flexibility index (Phi) is 5.36. The lowest BCUT2D eigenvalue weighted by molar-refractivity contribution is 0.0910. The molecule has 1 atom stereocenters. The van der Waals surface area contributed by atoms with E-state index >= 15 is 0 Å². The van der Waals surface area contributed by atoms with Gasteiger partial charge in [0.1, 0.15) is 0 Å². The second kappa shape index (κ2) is 7.03. The molecular weight excluding hydrogens is 246 g/mol. The summed E-state index contributed by atoms with van der Waals surface area (Å²) in [6.45, 7) is 2.82. The van der Waals surface area contributed by atoms with Crippen LogP contribution in [0, 0.1) is 5.92 Å². The summed E-state index contributed by atoms with van der Waals surface area (Å²) in [6.07, 6.45) is 6.71. The van der Waals surface area contributed by atoms with Crippen LogP contribution in [-0.4, -0.2) is 31.3 Å². The molecule has 0 spiro atoms. The Labute approximate surface area is 123 Å². The molecule has 0 bridgehead atoms. The second-order valence-corrected chi connectivity index (χ2v) is 6.48. The highest BCUT2D eigenvalue weighted by atomic mass is 16.1. The molecule has 20 heavy (non-hydrogen) atoms.